The van der Waals surface area contributed by atoms with E-state index in [1.54, 1.807) is 0 Å². The number of hydrogen-bond acceptors (Lipinski definition) is 4. The molecule has 2 unspecified atom stereocenters. The smallest absolute Gasteiger partial charge is 0.272 e. The zero-order valence-electron chi connectivity index (χ0n) is 10.6. The number of rotatable bonds is 8. The summed E-state index contributed by atoms with van der Waals surface area (Å²) in [6, 6.07) is 0. The van der Waals surface area contributed by atoms with Crippen LogP contribution in [0, 0.1) is 0 Å². The predicted molar refractivity (Wildman–Crippen MR) is 67.3 cm³/mol. The van der Waals surface area contributed by atoms with Gasteiger partial charge in [-0.25, -0.2) is 0 Å². The van der Waals surface area contributed by atoms with Crippen molar-refractivity contribution >= 4 is 10.1 Å². The van der Waals surface area contributed by atoms with Gasteiger partial charge in [-0.15, -0.1) is 0 Å². The third kappa shape index (κ3) is 4.94. The Hall–Kier alpha value is -0.130. The van der Waals surface area contributed by atoms with E-state index in [0.29, 0.717) is 12.8 Å². The summed E-state index contributed by atoms with van der Waals surface area (Å²) in [5.74, 6) is 0. The molecule has 1 saturated heterocycles. The first-order valence-corrected chi connectivity index (χ1v) is 8.11. The standard InChI is InChI=1S/C12H24O4S/c1-2-3-4-5-6-7-8-11(13)12-9-10-16-17(12,14)15/h11-13H,2-10H2,1H3. The first kappa shape index (κ1) is 14.9. The molecule has 2 atom stereocenters. The number of hydrogen-bond donors (Lipinski definition) is 1. The lowest BCUT2D eigenvalue weighted by Gasteiger charge is -2.15. The molecule has 1 aliphatic heterocycles. The van der Waals surface area contributed by atoms with Crippen LogP contribution in [0.3, 0.4) is 0 Å². The first-order valence-electron chi connectivity index (χ1n) is 6.64. The van der Waals surface area contributed by atoms with Crippen LogP contribution in [0.15, 0.2) is 0 Å². The van der Waals surface area contributed by atoms with E-state index in [-0.39, 0.29) is 6.61 Å². The van der Waals surface area contributed by atoms with Crippen molar-refractivity contribution in [2.75, 3.05) is 6.61 Å². The summed E-state index contributed by atoms with van der Waals surface area (Å²) in [5.41, 5.74) is 0. The van der Waals surface area contributed by atoms with E-state index in [1.165, 1.54) is 25.7 Å². The van der Waals surface area contributed by atoms with Gasteiger partial charge >= 0.3 is 0 Å². The minimum absolute atomic E-state index is 0.223. The highest BCUT2D eigenvalue weighted by Crippen LogP contribution is 2.23. The molecule has 0 aromatic rings. The molecule has 17 heavy (non-hydrogen) atoms. The summed E-state index contributed by atoms with van der Waals surface area (Å²) in [6.07, 6.45) is 7.11. The molecular weight excluding hydrogens is 240 g/mol. The Morgan fingerprint density at radius 3 is 2.47 bits per heavy atom. The van der Waals surface area contributed by atoms with Crippen LogP contribution < -0.4 is 0 Å². The third-order valence-electron chi connectivity index (χ3n) is 3.30. The normalized spacial score (nSPS) is 24.9. The van der Waals surface area contributed by atoms with Crippen LogP contribution in [0.5, 0.6) is 0 Å². The monoisotopic (exact) mass is 264 g/mol. The van der Waals surface area contributed by atoms with Gasteiger partial charge in [0, 0.05) is 0 Å². The Labute approximate surface area is 104 Å². The van der Waals surface area contributed by atoms with Gasteiger partial charge in [-0.05, 0) is 12.8 Å². The molecular formula is C12H24O4S. The molecule has 1 heterocycles. The van der Waals surface area contributed by atoms with Crippen LogP contribution in [0.4, 0.5) is 0 Å². The molecule has 1 aliphatic rings. The van der Waals surface area contributed by atoms with E-state index in [9.17, 15) is 13.5 Å². The summed E-state index contributed by atoms with van der Waals surface area (Å²) in [4.78, 5) is 0. The molecule has 0 radical (unpaired) electrons. The lowest BCUT2D eigenvalue weighted by atomic mass is 10.0. The van der Waals surface area contributed by atoms with Crippen LogP contribution >= 0.6 is 0 Å². The molecule has 1 fully saturated rings. The van der Waals surface area contributed by atoms with E-state index >= 15 is 0 Å². The Kier molecular flexibility index (Phi) is 6.44. The number of aliphatic hydroxyl groups excluding tert-OH is 1. The predicted octanol–water partition coefficient (Wildman–Crippen LogP) is 2.22. The highest BCUT2D eigenvalue weighted by atomic mass is 32.2. The molecule has 4 nitrogen and oxygen atoms in total. The SMILES string of the molecule is CCCCCCCCC(O)C1CCOS1(=O)=O. The second-order valence-electron chi connectivity index (χ2n) is 4.77. The van der Waals surface area contributed by atoms with Gasteiger partial charge in [-0.3, -0.25) is 4.18 Å². The van der Waals surface area contributed by atoms with Crippen LogP contribution in [0.2, 0.25) is 0 Å². The molecule has 0 saturated carbocycles. The zero-order valence-corrected chi connectivity index (χ0v) is 11.4. The van der Waals surface area contributed by atoms with E-state index in [1.807, 2.05) is 0 Å². The fourth-order valence-electron chi connectivity index (χ4n) is 2.22. The van der Waals surface area contributed by atoms with E-state index in [2.05, 4.69) is 11.1 Å². The van der Waals surface area contributed by atoms with Crippen molar-refractivity contribution in [1.82, 2.24) is 0 Å². The van der Waals surface area contributed by atoms with Gasteiger partial charge in [0.2, 0.25) is 0 Å². The maximum atomic E-state index is 11.4. The van der Waals surface area contributed by atoms with Gasteiger partial charge in [0.1, 0.15) is 5.25 Å². The van der Waals surface area contributed by atoms with Crippen LogP contribution in [0.1, 0.15) is 58.3 Å². The Bertz CT molecular complexity index is 300. The number of aliphatic hydroxyl groups is 1. The maximum absolute atomic E-state index is 11.4. The van der Waals surface area contributed by atoms with Gasteiger partial charge < -0.3 is 5.11 Å². The summed E-state index contributed by atoms with van der Waals surface area (Å²) < 4.78 is 27.4. The second-order valence-corrected chi connectivity index (χ2v) is 6.59. The van der Waals surface area contributed by atoms with Gasteiger partial charge in [0.25, 0.3) is 10.1 Å². The van der Waals surface area contributed by atoms with Crippen molar-refractivity contribution in [2.24, 2.45) is 0 Å². The average molecular weight is 264 g/mol. The largest absolute Gasteiger partial charge is 0.392 e. The van der Waals surface area contributed by atoms with Crippen molar-refractivity contribution in [1.29, 1.82) is 0 Å². The summed E-state index contributed by atoms with van der Waals surface area (Å²) >= 11 is 0. The quantitative estimate of drug-likeness (QED) is 0.539. The highest BCUT2D eigenvalue weighted by Gasteiger charge is 2.37. The van der Waals surface area contributed by atoms with Crippen LogP contribution in [-0.2, 0) is 14.3 Å². The van der Waals surface area contributed by atoms with Gasteiger partial charge in [-0.1, -0.05) is 45.4 Å². The Morgan fingerprint density at radius 1 is 1.24 bits per heavy atom. The van der Waals surface area contributed by atoms with Gasteiger partial charge in [0.05, 0.1) is 12.7 Å². The molecule has 0 bridgehead atoms. The molecule has 0 aliphatic carbocycles. The van der Waals surface area contributed by atoms with Crippen LogP contribution in [0.25, 0.3) is 0 Å². The molecule has 5 heteroatoms. The lowest BCUT2D eigenvalue weighted by Crippen LogP contribution is -2.30. The molecule has 0 spiro atoms. The average Bonchev–Trinajstić information content (AvgIpc) is 2.63. The zero-order chi connectivity index (χ0) is 12.7. The van der Waals surface area contributed by atoms with E-state index < -0.39 is 21.5 Å². The lowest BCUT2D eigenvalue weighted by molar-refractivity contribution is 0.154. The molecule has 1 rings (SSSR count). The van der Waals surface area contributed by atoms with Crippen molar-refractivity contribution in [2.45, 2.75) is 69.6 Å². The summed E-state index contributed by atoms with van der Waals surface area (Å²) in [7, 11) is -3.49. The molecule has 0 amide bonds. The summed E-state index contributed by atoms with van der Waals surface area (Å²) in [5, 5.41) is 9.13. The highest BCUT2D eigenvalue weighted by molar-refractivity contribution is 7.87. The van der Waals surface area contributed by atoms with Gasteiger partial charge in [-0.2, -0.15) is 8.42 Å². The van der Waals surface area contributed by atoms with Crippen molar-refractivity contribution in [3.63, 3.8) is 0 Å². The van der Waals surface area contributed by atoms with Crippen molar-refractivity contribution in [3.05, 3.63) is 0 Å². The second kappa shape index (κ2) is 7.34. The Balaban J connectivity index is 2.15. The minimum Gasteiger partial charge on any atom is -0.392 e. The fraction of sp³-hybridized carbons (Fsp3) is 1.00. The summed E-state index contributed by atoms with van der Waals surface area (Å²) in [6.45, 7) is 2.40. The molecule has 0 aromatic carbocycles. The molecule has 102 valence electrons. The van der Waals surface area contributed by atoms with Crippen molar-refractivity contribution < 1.29 is 17.7 Å². The van der Waals surface area contributed by atoms with Gasteiger partial charge in [0.15, 0.2) is 0 Å². The topological polar surface area (TPSA) is 63.6 Å². The van der Waals surface area contributed by atoms with Crippen molar-refractivity contribution in [3.8, 4) is 0 Å². The third-order valence-corrected chi connectivity index (χ3v) is 5.09. The van der Waals surface area contributed by atoms with E-state index in [0.717, 1.165) is 12.8 Å². The molecule has 1 N–H and O–H groups in total. The first-order chi connectivity index (χ1) is 8.08. The number of unbranched alkanes of at least 4 members (excludes halogenated alkanes) is 5. The fourth-order valence-corrected chi connectivity index (χ4v) is 3.63. The minimum atomic E-state index is -3.49. The maximum Gasteiger partial charge on any atom is 0.272 e. The van der Waals surface area contributed by atoms with E-state index in [4.69, 9.17) is 0 Å². The van der Waals surface area contributed by atoms with Crippen LogP contribution in [-0.4, -0.2) is 31.5 Å². The Morgan fingerprint density at radius 2 is 1.88 bits per heavy atom. The molecule has 0 aromatic heterocycles.